The highest BCUT2D eigenvalue weighted by molar-refractivity contribution is 9.47. The summed E-state index contributed by atoms with van der Waals surface area (Å²) < 4.78 is 0. The number of halogens is 3. The van der Waals surface area contributed by atoms with Gasteiger partial charge in [-0.2, -0.15) is 0 Å². The number of benzene rings is 1. The predicted molar refractivity (Wildman–Crippen MR) is 59.5 cm³/mol. The maximum Gasteiger partial charge on any atom is 0.560 e. The molecule has 0 nitrogen and oxygen atoms in total. The van der Waals surface area contributed by atoms with Gasteiger partial charge in [-0.1, -0.05) is 23.7 Å². The zero-order valence-electron chi connectivity index (χ0n) is 5.86. The van der Waals surface area contributed by atoms with Gasteiger partial charge in [0.2, 0.25) is 0 Å². The highest BCUT2D eigenvalue weighted by Gasteiger charge is 1.82. The second-order valence-corrected chi connectivity index (χ2v) is 10.2. The van der Waals surface area contributed by atoms with Crippen LogP contribution in [-0.2, 0) is 0 Å². The van der Waals surface area contributed by atoms with E-state index < -0.39 is 0 Å². The van der Waals surface area contributed by atoms with Crippen molar-refractivity contribution in [1.82, 2.24) is 0 Å². The van der Waals surface area contributed by atoms with E-state index in [4.69, 9.17) is 11.6 Å². The molecule has 1 aromatic carbocycles. The third kappa shape index (κ3) is 7.59. The van der Waals surface area contributed by atoms with Gasteiger partial charge in [-0.05, 0) is 24.6 Å². The van der Waals surface area contributed by atoms with E-state index in [0.29, 0.717) is 0 Å². The Hall–Kier alpha value is 1.24. The Balaban J connectivity index is 0.000000292. The van der Waals surface area contributed by atoms with E-state index in [1.807, 2.05) is 24.3 Å². The normalized spacial score (nSPS) is 7.64. The van der Waals surface area contributed by atoms with Crippen LogP contribution in [0.4, 0.5) is 0 Å². The smallest absolute Gasteiger partial charge is 0.280 e. The lowest BCUT2D eigenvalue weighted by Gasteiger charge is -1.87. The molecule has 0 amide bonds. The summed E-state index contributed by atoms with van der Waals surface area (Å²) in [6.45, 7) is 3.70. The number of hydrogen-bond donors (Lipinski definition) is 0. The first-order valence-corrected chi connectivity index (χ1v) is 11.1. The van der Waals surface area contributed by atoms with Gasteiger partial charge in [0.1, 0.15) is 0 Å². The largest absolute Gasteiger partial charge is 0.560 e. The zero-order chi connectivity index (χ0) is 8.69. The second-order valence-electron chi connectivity index (χ2n) is 1.73. The van der Waals surface area contributed by atoms with Gasteiger partial charge in [-0.3, -0.25) is 25.8 Å². The third-order valence-corrected chi connectivity index (χ3v) is 1.17. The van der Waals surface area contributed by atoms with Gasteiger partial charge in [0.15, 0.2) is 0 Å². The van der Waals surface area contributed by atoms with Crippen molar-refractivity contribution in [3.8, 4) is 0 Å². The standard InChI is InChI=1S/C7H6Cl.2BrH.Mg/c1-6-2-4-7(8)5-3-6;;;/h2-5H,1H2;2*1H;/q;;;+2/p-2. The summed E-state index contributed by atoms with van der Waals surface area (Å²) in [5.41, 5.74) is 0.995. The third-order valence-electron chi connectivity index (χ3n) is 0.913. The van der Waals surface area contributed by atoms with E-state index in [-0.39, 0.29) is 16.0 Å². The average Bonchev–Trinajstić information content (AvgIpc) is 1.97. The van der Waals surface area contributed by atoms with Gasteiger partial charge >= 0.3 is 16.0 Å². The van der Waals surface area contributed by atoms with Crippen LogP contribution < -0.4 is 0 Å². The van der Waals surface area contributed by atoms with Crippen LogP contribution in [0.2, 0.25) is 5.02 Å². The number of rotatable bonds is 0. The molecule has 0 aliphatic carbocycles. The van der Waals surface area contributed by atoms with Crippen molar-refractivity contribution >= 4 is 53.4 Å². The van der Waals surface area contributed by atoms with Crippen LogP contribution >= 0.6 is 37.4 Å². The highest BCUT2D eigenvalue weighted by Crippen LogP contribution is 2.07. The minimum atomic E-state index is 0.0417. The molecule has 1 aromatic rings. The van der Waals surface area contributed by atoms with E-state index in [1.54, 1.807) is 0 Å². The van der Waals surface area contributed by atoms with Crippen molar-refractivity contribution in [1.29, 1.82) is 0 Å². The van der Waals surface area contributed by atoms with E-state index in [2.05, 4.69) is 32.7 Å². The molecule has 4 heteroatoms. The quantitative estimate of drug-likeness (QED) is 0.639. The first-order chi connectivity index (χ1) is 5.20. The molecule has 0 N–H and O–H groups in total. The highest BCUT2D eigenvalue weighted by atomic mass is 79.9. The van der Waals surface area contributed by atoms with Gasteiger partial charge < -0.3 is 0 Å². The van der Waals surface area contributed by atoms with Gasteiger partial charge in [0.25, 0.3) is 0 Å². The Labute approximate surface area is 94.2 Å². The first-order valence-electron chi connectivity index (χ1n) is 2.90. The van der Waals surface area contributed by atoms with Crippen LogP contribution in [0.15, 0.2) is 24.3 Å². The molecule has 0 spiro atoms. The molecule has 1 radical (unpaired) electrons. The van der Waals surface area contributed by atoms with E-state index in [1.165, 1.54) is 0 Å². The van der Waals surface area contributed by atoms with Crippen molar-refractivity contribution in [3.05, 3.63) is 41.8 Å². The molecule has 0 saturated heterocycles. The molecule has 0 aliphatic heterocycles. The summed E-state index contributed by atoms with van der Waals surface area (Å²) in [6, 6.07) is 7.40. The van der Waals surface area contributed by atoms with Gasteiger partial charge in [-0.15, -0.1) is 0 Å². The maximum atomic E-state index is 5.58. The SMILES string of the molecule is [Br][Mg][Br].[CH2]c1ccc(Cl)cc1. The van der Waals surface area contributed by atoms with Crippen LogP contribution in [0.1, 0.15) is 5.56 Å². The monoisotopic (exact) mass is 307 g/mol. The zero-order valence-corrected chi connectivity index (χ0v) is 11.2. The molecule has 0 fully saturated rings. The molecule has 0 saturated carbocycles. The maximum absolute atomic E-state index is 5.58. The van der Waals surface area contributed by atoms with E-state index in [0.717, 1.165) is 10.6 Å². The van der Waals surface area contributed by atoms with E-state index >= 15 is 0 Å². The van der Waals surface area contributed by atoms with Crippen LogP contribution in [0, 0.1) is 6.92 Å². The Kier molecular flexibility index (Phi) is 8.75. The van der Waals surface area contributed by atoms with E-state index in [9.17, 15) is 0 Å². The van der Waals surface area contributed by atoms with Gasteiger partial charge in [0.05, 0.1) is 0 Å². The Morgan fingerprint density at radius 3 is 1.82 bits per heavy atom. The molecule has 11 heavy (non-hydrogen) atoms. The summed E-state index contributed by atoms with van der Waals surface area (Å²) in [4.78, 5) is 0. The molecule has 0 aliphatic rings. The van der Waals surface area contributed by atoms with Crippen LogP contribution in [0.5, 0.6) is 0 Å². The van der Waals surface area contributed by atoms with Crippen molar-refractivity contribution in [2.45, 2.75) is 0 Å². The lowest BCUT2D eigenvalue weighted by Crippen LogP contribution is -1.66. The van der Waals surface area contributed by atoms with Crippen molar-refractivity contribution in [2.75, 3.05) is 0 Å². The van der Waals surface area contributed by atoms with Crippen LogP contribution in [0.3, 0.4) is 0 Å². The lowest BCUT2D eigenvalue weighted by atomic mass is 10.2. The predicted octanol–water partition coefficient (Wildman–Crippen LogP) is 3.83. The summed E-state index contributed by atoms with van der Waals surface area (Å²) in [5.74, 6) is 0. The molecular weight excluding hydrogens is 304 g/mol. The molecule has 0 heterocycles. The van der Waals surface area contributed by atoms with Crippen molar-refractivity contribution in [3.63, 3.8) is 0 Å². The Morgan fingerprint density at radius 2 is 1.55 bits per heavy atom. The van der Waals surface area contributed by atoms with Crippen molar-refractivity contribution in [2.24, 2.45) is 0 Å². The molecular formula is C7H6Br2ClMg. The fraction of sp³-hybridized carbons (Fsp3) is 0. The number of hydrogen-bond acceptors (Lipinski definition) is 0. The second kappa shape index (κ2) is 7.86. The molecule has 1 rings (SSSR count). The van der Waals surface area contributed by atoms with Gasteiger partial charge in [0, 0.05) is 5.02 Å². The molecule has 0 unspecified atom stereocenters. The Morgan fingerprint density at radius 1 is 1.18 bits per heavy atom. The fourth-order valence-electron chi connectivity index (χ4n) is 0.484. The van der Waals surface area contributed by atoms with Gasteiger partial charge in [-0.25, -0.2) is 0 Å². The fourth-order valence-corrected chi connectivity index (χ4v) is 0.610. The molecule has 0 bridgehead atoms. The molecule has 57 valence electrons. The minimum Gasteiger partial charge on any atom is -0.280 e. The summed E-state index contributed by atoms with van der Waals surface area (Å²) >= 11 is 12.0. The summed E-state index contributed by atoms with van der Waals surface area (Å²) in [5, 5.41) is 0.761. The Bertz CT molecular complexity index is 167. The topological polar surface area (TPSA) is 0 Å². The van der Waals surface area contributed by atoms with Crippen LogP contribution in [0.25, 0.3) is 0 Å². The minimum absolute atomic E-state index is 0.0417. The summed E-state index contributed by atoms with van der Waals surface area (Å²) in [7, 11) is 0. The first kappa shape index (κ1) is 12.2. The molecule has 0 aromatic heterocycles. The average molecular weight is 310 g/mol. The molecule has 0 atom stereocenters. The lowest BCUT2D eigenvalue weighted by molar-refractivity contribution is 1.61. The van der Waals surface area contributed by atoms with Crippen LogP contribution in [-0.4, -0.2) is 16.0 Å². The van der Waals surface area contributed by atoms with Crippen molar-refractivity contribution < 1.29 is 0 Å². The summed E-state index contributed by atoms with van der Waals surface area (Å²) in [6.07, 6.45) is 0.